The Hall–Kier alpha value is -0.630. The number of allylic oxidation sites excluding steroid dienone is 4. The van der Waals surface area contributed by atoms with Gasteiger partial charge in [0.1, 0.15) is 0 Å². The standard InChI is InChI=1S/C13H9.C9H13.2ClH.Hf/c1-3-7-12-10(5-1)9-11-6-2-4-8-13(11)12;1-3-8-5-6-9(4-2)7-8;;;/h1-5,7-8H,9H2;5-6,8H,3-4H2,1-2H3;2*1H;/q;;;;+2/p-2. The van der Waals surface area contributed by atoms with Crippen LogP contribution in [0.25, 0.3) is 11.1 Å². The van der Waals surface area contributed by atoms with E-state index in [0.717, 1.165) is 12.3 Å². The zero-order valence-corrected chi connectivity index (χ0v) is 19.8. The molecule has 0 heterocycles. The minimum absolute atomic E-state index is 0. The zero-order chi connectivity index (χ0) is 15.8. The van der Waals surface area contributed by atoms with E-state index in [2.05, 4.69) is 68.5 Å². The van der Waals surface area contributed by atoms with Crippen LogP contribution in [0.15, 0.2) is 63.5 Å². The van der Waals surface area contributed by atoms with Crippen LogP contribution in [0.2, 0.25) is 0 Å². The maximum atomic E-state index is 2.46. The van der Waals surface area contributed by atoms with Crippen LogP contribution in [0.3, 0.4) is 0 Å². The van der Waals surface area contributed by atoms with E-state index in [4.69, 9.17) is 0 Å². The van der Waals surface area contributed by atoms with Crippen molar-refractivity contribution in [2.24, 2.45) is 5.92 Å². The van der Waals surface area contributed by atoms with Crippen LogP contribution in [0, 0.1) is 5.92 Å². The third-order valence-electron chi connectivity index (χ3n) is 5.19. The van der Waals surface area contributed by atoms with Gasteiger partial charge in [-0.2, -0.15) is 0 Å². The summed E-state index contributed by atoms with van der Waals surface area (Å²) in [5.74, 6) is 0.730. The molecule has 1 atom stereocenters. The van der Waals surface area contributed by atoms with Gasteiger partial charge in [-0.25, -0.2) is 0 Å². The fourth-order valence-corrected chi connectivity index (χ4v) is 10.2. The average Bonchev–Trinajstić information content (AvgIpc) is 3.16. The average molecular weight is 536 g/mol. The monoisotopic (exact) mass is 536 g/mol. The Balaban J connectivity index is 0.00000113. The molecular weight excluding hydrogens is 514 g/mol. The molecule has 3 heteroatoms. The topological polar surface area (TPSA) is 0 Å². The van der Waals surface area contributed by atoms with Gasteiger partial charge in [-0.15, -0.1) is 0 Å². The third kappa shape index (κ3) is 3.75. The molecule has 1 unspecified atom stereocenters. The molecule has 0 saturated carbocycles. The Morgan fingerprint density at radius 2 is 1.72 bits per heavy atom. The van der Waals surface area contributed by atoms with Gasteiger partial charge in [-0.3, -0.25) is 0 Å². The zero-order valence-electron chi connectivity index (χ0n) is 14.7. The first-order valence-corrected chi connectivity index (χ1v) is 12.3. The molecule has 0 amide bonds. The van der Waals surface area contributed by atoms with Crippen molar-refractivity contribution in [2.45, 2.75) is 33.1 Å². The molecule has 2 aliphatic carbocycles. The molecule has 0 nitrogen and oxygen atoms in total. The van der Waals surface area contributed by atoms with Crippen LogP contribution in [0.5, 0.6) is 0 Å². The fourth-order valence-electron chi connectivity index (χ4n) is 3.90. The minimum Gasteiger partial charge on any atom is -1.00 e. The number of fused-ring (bicyclic) bond motifs is 3. The fraction of sp³-hybridized carbons (Fsp3) is 0.273. The van der Waals surface area contributed by atoms with Gasteiger partial charge >= 0.3 is 151 Å². The second-order valence-electron chi connectivity index (χ2n) is 6.46. The van der Waals surface area contributed by atoms with E-state index in [0.29, 0.717) is 0 Å². The van der Waals surface area contributed by atoms with Crippen molar-refractivity contribution >= 4 is 3.32 Å². The van der Waals surface area contributed by atoms with Gasteiger partial charge in [0, 0.05) is 0 Å². The van der Waals surface area contributed by atoms with Crippen LogP contribution < -0.4 is 28.1 Å². The molecule has 2 aromatic rings. The second kappa shape index (κ2) is 8.84. The number of hydrogen-bond acceptors (Lipinski definition) is 0. The minimum atomic E-state index is -0.966. The second-order valence-corrected chi connectivity index (χ2v) is 11.2. The first kappa shape index (κ1) is 20.7. The third-order valence-corrected chi connectivity index (χ3v) is 11.3. The Morgan fingerprint density at radius 3 is 2.48 bits per heavy atom. The Labute approximate surface area is 175 Å². The number of hydrogen-bond donors (Lipinski definition) is 0. The van der Waals surface area contributed by atoms with Crippen molar-refractivity contribution in [2.75, 3.05) is 0 Å². The van der Waals surface area contributed by atoms with Gasteiger partial charge in [0.05, 0.1) is 0 Å². The van der Waals surface area contributed by atoms with E-state index >= 15 is 0 Å². The summed E-state index contributed by atoms with van der Waals surface area (Å²) in [5.41, 5.74) is 7.77. The van der Waals surface area contributed by atoms with Crippen LogP contribution in [0.4, 0.5) is 0 Å². The first-order valence-electron chi connectivity index (χ1n) is 8.70. The molecule has 0 aromatic heterocycles. The van der Waals surface area contributed by atoms with E-state index < -0.39 is 22.9 Å². The molecule has 0 radical (unpaired) electrons. The Kier molecular flexibility index (Phi) is 7.31. The Morgan fingerprint density at radius 1 is 0.960 bits per heavy atom. The van der Waals surface area contributed by atoms with Gasteiger partial charge < -0.3 is 24.8 Å². The summed E-state index contributed by atoms with van der Waals surface area (Å²) in [5, 5.41) is 0. The largest absolute Gasteiger partial charge is 1.00 e. The van der Waals surface area contributed by atoms with Gasteiger partial charge in [0.15, 0.2) is 0 Å². The molecule has 0 fully saturated rings. The van der Waals surface area contributed by atoms with Gasteiger partial charge in [-0.1, -0.05) is 0 Å². The van der Waals surface area contributed by atoms with Gasteiger partial charge in [0.25, 0.3) is 0 Å². The molecule has 0 aliphatic heterocycles. The molecule has 128 valence electrons. The molecule has 0 saturated heterocycles. The molecule has 2 aromatic carbocycles. The van der Waals surface area contributed by atoms with Crippen LogP contribution in [0.1, 0.15) is 37.8 Å². The van der Waals surface area contributed by atoms with E-state index in [9.17, 15) is 0 Å². The summed E-state index contributed by atoms with van der Waals surface area (Å²) in [6, 6.07) is 16.0. The maximum absolute atomic E-state index is 2.46. The van der Waals surface area contributed by atoms with E-state index in [1.54, 1.807) is 14.5 Å². The number of benzene rings is 2. The summed E-state index contributed by atoms with van der Waals surface area (Å²) in [7, 11) is 0. The van der Waals surface area contributed by atoms with E-state index in [-0.39, 0.29) is 24.8 Å². The maximum Gasteiger partial charge on any atom is -1.00 e. The summed E-state index contributed by atoms with van der Waals surface area (Å²) in [6.07, 6.45) is 8.48. The first-order chi connectivity index (χ1) is 11.3. The molecule has 25 heavy (non-hydrogen) atoms. The summed E-state index contributed by atoms with van der Waals surface area (Å²) >= 11 is -0.966. The number of rotatable bonds is 4. The predicted octanol–water partition coefficient (Wildman–Crippen LogP) is -0.766. The van der Waals surface area contributed by atoms with Crippen molar-refractivity contribution < 1.29 is 47.7 Å². The smallest absolute Gasteiger partial charge is 1.00 e. The van der Waals surface area contributed by atoms with Crippen molar-refractivity contribution in [1.29, 1.82) is 0 Å². The van der Waals surface area contributed by atoms with E-state index in [1.165, 1.54) is 29.5 Å². The molecule has 0 N–H and O–H groups in total. The summed E-state index contributed by atoms with van der Waals surface area (Å²) in [4.78, 5) is 0. The SMILES string of the molecule is CCC1=[C]([Hf+2][c]2cccc3c2Cc2ccccc2-3)C(CC)C=C1.[Cl-].[Cl-]. The quantitative estimate of drug-likeness (QED) is 0.385. The van der Waals surface area contributed by atoms with Crippen molar-refractivity contribution in [3.8, 4) is 11.1 Å². The van der Waals surface area contributed by atoms with Crippen molar-refractivity contribution in [3.63, 3.8) is 0 Å². The van der Waals surface area contributed by atoms with Gasteiger partial charge in [0.2, 0.25) is 0 Å². The molecule has 0 spiro atoms. The van der Waals surface area contributed by atoms with Crippen LogP contribution in [-0.2, 0) is 29.3 Å². The van der Waals surface area contributed by atoms with Crippen molar-refractivity contribution in [3.05, 3.63) is 74.6 Å². The number of halogens is 2. The van der Waals surface area contributed by atoms with Crippen LogP contribution >= 0.6 is 0 Å². The molecule has 4 rings (SSSR count). The van der Waals surface area contributed by atoms with Crippen LogP contribution in [-0.4, -0.2) is 0 Å². The summed E-state index contributed by atoms with van der Waals surface area (Å²) < 4.78 is 3.57. The van der Waals surface area contributed by atoms with E-state index in [1.807, 2.05) is 3.33 Å². The van der Waals surface area contributed by atoms with Crippen molar-refractivity contribution in [1.82, 2.24) is 0 Å². The molecule has 0 bridgehead atoms. The van der Waals surface area contributed by atoms with Gasteiger partial charge in [-0.05, 0) is 0 Å². The predicted molar refractivity (Wildman–Crippen MR) is 94.6 cm³/mol. The normalized spacial score (nSPS) is 16.6. The molecule has 2 aliphatic rings. The Bertz CT molecular complexity index is 821. The summed E-state index contributed by atoms with van der Waals surface area (Å²) in [6.45, 7) is 4.65. The molecular formula is C22H22Cl2Hf.